The maximum absolute atomic E-state index is 12.7. The molecular formula is C15H13Br2NOS. The van der Waals surface area contributed by atoms with Gasteiger partial charge in [-0.2, -0.15) is 11.3 Å². The molecule has 1 saturated carbocycles. The molecule has 0 atom stereocenters. The molecule has 0 aliphatic heterocycles. The van der Waals surface area contributed by atoms with Gasteiger partial charge in [-0.1, -0.05) is 31.9 Å². The summed E-state index contributed by atoms with van der Waals surface area (Å²) in [5, 5.41) is 4.17. The van der Waals surface area contributed by atoms with Crippen molar-refractivity contribution in [2.24, 2.45) is 0 Å². The third-order valence-corrected chi connectivity index (χ3v) is 4.94. The smallest absolute Gasteiger partial charge is 0.254 e. The lowest BCUT2D eigenvalue weighted by Crippen LogP contribution is -2.32. The van der Waals surface area contributed by atoms with E-state index in [0.717, 1.165) is 27.4 Å². The van der Waals surface area contributed by atoms with Gasteiger partial charge >= 0.3 is 0 Å². The second-order valence-electron chi connectivity index (χ2n) is 4.95. The fourth-order valence-corrected chi connectivity index (χ4v) is 4.13. The van der Waals surface area contributed by atoms with E-state index >= 15 is 0 Å². The molecule has 1 fully saturated rings. The van der Waals surface area contributed by atoms with Gasteiger partial charge in [0.25, 0.3) is 5.91 Å². The van der Waals surface area contributed by atoms with Crippen molar-refractivity contribution in [2.75, 3.05) is 0 Å². The van der Waals surface area contributed by atoms with Crippen LogP contribution in [0.3, 0.4) is 0 Å². The van der Waals surface area contributed by atoms with Crippen molar-refractivity contribution in [1.29, 1.82) is 0 Å². The average Bonchev–Trinajstić information content (AvgIpc) is 3.11. The molecule has 2 nitrogen and oxygen atoms in total. The molecule has 0 N–H and O–H groups in total. The number of nitrogens with zero attached hydrogens (tertiary/aromatic N) is 1. The normalized spacial score (nSPS) is 14.3. The van der Waals surface area contributed by atoms with Crippen LogP contribution in [0.1, 0.15) is 28.8 Å². The summed E-state index contributed by atoms with van der Waals surface area (Å²) >= 11 is 8.56. The van der Waals surface area contributed by atoms with Gasteiger partial charge in [0.05, 0.1) is 0 Å². The third-order valence-electron chi connectivity index (χ3n) is 3.29. The second kappa shape index (κ2) is 6.00. The first-order valence-electron chi connectivity index (χ1n) is 6.41. The van der Waals surface area contributed by atoms with Crippen molar-refractivity contribution in [2.45, 2.75) is 25.4 Å². The van der Waals surface area contributed by atoms with Gasteiger partial charge in [0, 0.05) is 27.1 Å². The fraction of sp³-hybridized carbons (Fsp3) is 0.267. The van der Waals surface area contributed by atoms with E-state index in [4.69, 9.17) is 0 Å². The minimum absolute atomic E-state index is 0.112. The molecule has 0 spiro atoms. The van der Waals surface area contributed by atoms with Gasteiger partial charge in [-0.25, -0.2) is 0 Å². The minimum atomic E-state index is 0.112. The first kappa shape index (κ1) is 14.3. The van der Waals surface area contributed by atoms with Gasteiger partial charge in [-0.15, -0.1) is 0 Å². The topological polar surface area (TPSA) is 20.3 Å². The monoisotopic (exact) mass is 413 g/mol. The summed E-state index contributed by atoms with van der Waals surface area (Å²) in [5.74, 6) is 0.112. The molecule has 1 heterocycles. The number of carbonyl (C=O) groups excluding carboxylic acids is 1. The molecule has 3 rings (SSSR count). The third kappa shape index (κ3) is 3.32. The summed E-state index contributed by atoms with van der Waals surface area (Å²) in [6, 6.07) is 8.20. The Labute approximate surface area is 139 Å². The molecule has 20 heavy (non-hydrogen) atoms. The second-order valence-corrected chi connectivity index (χ2v) is 7.57. The Balaban J connectivity index is 1.85. The van der Waals surface area contributed by atoms with Crippen molar-refractivity contribution in [1.82, 2.24) is 4.90 Å². The quantitative estimate of drug-likeness (QED) is 0.683. The zero-order valence-electron chi connectivity index (χ0n) is 10.7. The number of hydrogen-bond acceptors (Lipinski definition) is 2. The first-order valence-corrected chi connectivity index (χ1v) is 8.94. The number of halogens is 2. The van der Waals surface area contributed by atoms with Gasteiger partial charge in [0.2, 0.25) is 0 Å². The molecule has 1 amide bonds. The predicted molar refractivity (Wildman–Crippen MR) is 89.1 cm³/mol. The van der Waals surface area contributed by atoms with Crippen LogP contribution in [0.4, 0.5) is 0 Å². The summed E-state index contributed by atoms with van der Waals surface area (Å²) < 4.78 is 1.84. The molecule has 1 aliphatic rings. The fourth-order valence-electron chi connectivity index (χ4n) is 2.18. The Kier molecular flexibility index (Phi) is 4.29. The van der Waals surface area contributed by atoms with E-state index in [1.165, 1.54) is 5.56 Å². The highest BCUT2D eigenvalue weighted by Gasteiger charge is 2.33. The highest BCUT2D eigenvalue weighted by Crippen LogP contribution is 2.31. The molecule has 1 aromatic carbocycles. The highest BCUT2D eigenvalue weighted by atomic mass is 79.9. The Hall–Kier alpha value is -0.650. The molecule has 0 radical (unpaired) electrons. The van der Waals surface area contributed by atoms with Crippen LogP contribution < -0.4 is 0 Å². The van der Waals surface area contributed by atoms with Gasteiger partial charge in [0.1, 0.15) is 0 Å². The molecule has 1 aromatic heterocycles. The van der Waals surface area contributed by atoms with E-state index < -0.39 is 0 Å². The van der Waals surface area contributed by atoms with Crippen LogP contribution in [0.5, 0.6) is 0 Å². The van der Waals surface area contributed by atoms with E-state index in [2.05, 4.69) is 48.7 Å². The molecule has 0 unspecified atom stereocenters. The predicted octanol–water partition coefficient (Wildman–Crippen LogP) is 5.08. The number of carbonyl (C=O) groups is 1. The van der Waals surface area contributed by atoms with Crippen molar-refractivity contribution >= 4 is 49.1 Å². The van der Waals surface area contributed by atoms with E-state index in [0.29, 0.717) is 12.6 Å². The Morgan fingerprint density at radius 1 is 1.25 bits per heavy atom. The standard InChI is InChI=1S/C15H13Br2NOS/c16-12-5-11(6-13(17)7-12)15(19)18(14-1-2-14)8-10-3-4-20-9-10/h3-7,9,14H,1-2,8H2. The SMILES string of the molecule is O=C(c1cc(Br)cc(Br)c1)N(Cc1ccsc1)C1CC1. The first-order chi connectivity index (χ1) is 9.63. The molecular weight excluding hydrogens is 402 g/mol. The van der Waals surface area contributed by atoms with E-state index in [1.807, 2.05) is 23.1 Å². The van der Waals surface area contributed by atoms with Gasteiger partial charge in [-0.3, -0.25) is 4.79 Å². The molecule has 1 aliphatic carbocycles. The molecule has 104 valence electrons. The van der Waals surface area contributed by atoms with Crippen molar-refractivity contribution < 1.29 is 4.79 Å². The van der Waals surface area contributed by atoms with E-state index in [1.54, 1.807) is 11.3 Å². The molecule has 0 saturated heterocycles. The van der Waals surface area contributed by atoms with Gasteiger partial charge in [-0.05, 0) is 53.4 Å². The number of amides is 1. The molecule has 2 aromatic rings. The molecule has 0 bridgehead atoms. The number of benzene rings is 1. The Morgan fingerprint density at radius 2 is 1.95 bits per heavy atom. The number of thiophene rings is 1. The molecule has 5 heteroatoms. The minimum Gasteiger partial charge on any atom is -0.331 e. The largest absolute Gasteiger partial charge is 0.331 e. The van der Waals surface area contributed by atoms with Crippen LogP contribution in [0, 0.1) is 0 Å². The lowest BCUT2D eigenvalue weighted by molar-refractivity contribution is 0.0730. The van der Waals surface area contributed by atoms with Crippen molar-refractivity contribution in [3.8, 4) is 0 Å². The average molecular weight is 415 g/mol. The number of hydrogen-bond donors (Lipinski definition) is 0. The van der Waals surface area contributed by atoms with Crippen LogP contribution in [0.25, 0.3) is 0 Å². The highest BCUT2D eigenvalue weighted by molar-refractivity contribution is 9.11. The maximum Gasteiger partial charge on any atom is 0.254 e. The van der Waals surface area contributed by atoms with Crippen LogP contribution in [-0.4, -0.2) is 16.8 Å². The summed E-state index contributed by atoms with van der Waals surface area (Å²) in [6.07, 6.45) is 2.23. The maximum atomic E-state index is 12.7. The summed E-state index contributed by atoms with van der Waals surface area (Å²) in [5.41, 5.74) is 1.94. The van der Waals surface area contributed by atoms with Crippen molar-refractivity contribution in [3.63, 3.8) is 0 Å². The summed E-state index contributed by atoms with van der Waals surface area (Å²) in [7, 11) is 0. The lowest BCUT2D eigenvalue weighted by Gasteiger charge is -2.22. The number of rotatable bonds is 4. The Morgan fingerprint density at radius 3 is 2.50 bits per heavy atom. The summed E-state index contributed by atoms with van der Waals surface area (Å²) in [4.78, 5) is 14.7. The lowest BCUT2D eigenvalue weighted by atomic mass is 10.2. The zero-order chi connectivity index (χ0) is 14.1. The van der Waals surface area contributed by atoms with E-state index in [9.17, 15) is 4.79 Å². The summed E-state index contributed by atoms with van der Waals surface area (Å²) in [6.45, 7) is 0.705. The van der Waals surface area contributed by atoms with Crippen LogP contribution in [0.2, 0.25) is 0 Å². The van der Waals surface area contributed by atoms with Gasteiger partial charge in [0.15, 0.2) is 0 Å². The van der Waals surface area contributed by atoms with Gasteiger partial charge < -0.3 is 4.90 Å². The van der Waals surface area contributed by atoms with Crippen LogP contribution in [-0.2, 0) is 6.54 Å². The van der Waals surface area contributed by atoms with Crippen LogP contribution >= 0.6 is 43.2 Å². The van der Waals surface area contributed by atoms with E-state index in [-0.39, 0.29) is 5.91 Å². The van der Waals surface area contributed by atoms with Crippen LogP contribution in [0.15, 0.2) is 44.0 Å². The Bertz CT molecular complexity index is 603. The van der Waals surface area contributed by atoms with Crippen molar-refractivity contribution in [3.05, 3.63) is 55.1 Å². The zero-order valence-corrected chi connectivity index (χ0v) is 14.7.